The minimum absolute atomic E-state index is 0.0116. The molecule has 2 aromatic rings. The SMILES string of the molecule is O=C1CC(c2ccc3c(c2)OCCO3)c2cnn(CC3CC3)c2N1.O=CO. The number of nitrogens with one attached hydrogen (secondary N) is 1. The first-order valence-corrected chi connectivity index (χ1v) is 9.02. The fraction of sp³-hybridized carbons (Fsp3) is 0.421. The van der Waals surface area contributed by atoms with Crippen LogP contribution in [0.1, 0.15) is 36.3 Å². The molecule has 5 rings (SSSR count). The molecule has 1 saturated carbocycles. The third-order valence-electron chi connectivity index (χ3n) is 4.99. The lowest BCUT2D eigenvalue weighted by Crippen LogP contribution is -2.25. The molecule has 1 unspecified atom stereocenters. The second kappa shape index (κ2) is 7.30. The molecule has 0 spiro atoms. The van der Waals surface area contributed by atoms with Crippen molar-refractivity contribution in [3.05, 3.63) is 35.5 Å². The first-order chi connectivity index (χ1) is 13.2. The molecule has 0 bridgehead atoms. The molecular weight excluding hydrogens is 350 g/mol. The Bertz CT molecular complexity index is 859. The topological polar surface area (TPSA) is 103 Å². The average molecular weight is 371 g/mol. The molecule has 1 fully saturated rings. The molecule has 1 atom stereocenters. The van der Waals surface area contributed by atoms with E-state index in [1.807, 2.05) is 29.1 Å². The summed E-state index contributed by atoms with van der Waals surface area (Å²) in [5.41, 5.74) is 2.16. The average Bonchev–Trinajstić information content (AvgIpc) is 3.41. The molecule has 27 heavy (non-hydrogen) atoms. The van der Waals surface area contributed by atoms with Crippen LogP contribution in [0.15, 0.2) is 24.4 Å². The van der Waals surface area contributed by atoms with Crippen LogP contribution in [0, 0.1) is 5.92 Å². The summed E-state index contributed by atoms with van der Waals surface area (Å²) in [5, 5.41) is 14.4. The monoisotopic (exact) mass is 371 g/mol. The largest absolute Gasteiger partial charge is 0.486 e. The number of hydrogen-bond donors (Lipinski definition) is 2. The van der Waals surface area contributed by atoms with Gasteiger partial charge in [-0.05, 0) is 36.5 Å². The highest BCUT2D eigenvalue weighted by molar-refractivity contribution is 5.94. The Hall–Kier alpha value is -3.03. The van der Waals surface area contributed by atoms with Gasteiger partial charge in [0, 0.05) is 24.4 Å². The van der Waals surface area contributed by atoms with Crippen LogP contribution in [0.25, 0.3) is 0 Å². The van der Waals surface area contributed by atoms with Gasteiger partial charge in [-0.15, -0.1) is 0 Å². The van der Waals surface area contributed by atoms with Gasteiger partial charge in [0.15, 0.2) is 11.5 Å². The number of anilines is 1. The number of aromatic nitrogens is 2. The Morgan fingerprint density at radius 1 is 1.26 bits per heavy atom. The summed E-state index contributed by atoms with van der Waals surface area (Å²) in [6.07, 6.45) is 4.85. The van der Waals surface area contributed by atoms with E-state index in [-0.39, 0.29) is 18.3 Å². The van der Waals surface area contributed by atoms with Gasteiger partial charge < -0.3 is 19.9 Å². The molecule has 8 heteroatoms. The van der Waals surface area contributed by atoms with E-state index in [0.717, 1.165) is 35.0 Å². The van der Waals surface area contributed by atoms with E-state index >= 15 is 0 Å². The number of nitrogens with zero attached hydrogens (tertiary/aromatic N) is 2. The maximum Gasteiger partial charge on any atom is 0.290 e. The molecule has 2 N–H and O–H groups in total. The first kappa shape index (κ1) is 17.4. The van der Waals surface area contributed by atoms with Crippen molar-refractivity contribution >= 4 is 18.2 Å². The second-order valence-electron chi connectivity index (χ2n) is 6.89. The van der Waals surface area contributed by atoms with Crippen LogP contribution in [0.4, 0.5) is 5.82 Å². The number of ether oxygens (including phenoxy) is 2. The van der Waals surface area contributed by atoms with Gasteiger partial charge in [0.2, 0.25) is 5.91 Å². The van der Waals surface area contributed by atoms with Crippen molar-refractivity contribution in [2.45, 2.75) is 31.7 Å². The van der Waals surface area contributed by atoms with Gasteiger partial charge in [-0.1, -0.05) is 6.07 Å². The van der Waals surface area contributed by atoms with Crippen molar-refractivity contribution < 1.29 is 24.2 Å². The summed E-state index contributed by atoms with van der Waals surface area (Å²) in [6.45, 7) is 1.78. The minimum Gasteiger partial charge on any atom is -0.486 e. The van der Waals surface area contributed by atoms with E-state index in [2.05, 4.69) is 10.4 Å². The molecule has 3 heterocycles. The predicted octanol–water partition coefficient (Wildman–Crippen LogP) is 2.24. The summed E-state index contributed by atoms with van der Waals surface area (Å²) in [5.74, 6) is 3.16. The van der Waals surface area contributed by atoms with E-state index in [0.29, 0.717) is 25.6 Å². The summed E-state index contributed by atoms with van der Waals surface area (Å²) in [7, 11) is 0. The standard InChI is InChI=1S/C18H19N3O3.CH2O2/c22-17-8-13(12-3-4-15-16(7-12)24-6-5-23-15)14-9-19-21(18(14)20-17)10-11-1-2-11;2-1-3/h3-4,7,9,11,13H,1-2,5-6,8,10H2,(H,20,22);1H,(H,2,3). The Balaban J connectivity index is 0.000000565. The van der Waals surface area contributed by atoms with Crippen molar-refractivity contribution in [3.8, 4) is 11.5 Å². The number of fused-ring (bicyclic) bond motifs is 2. The molecule has 0 radical (unpaired) electrons. The summed E-state index contributed by atoms with van der Waals surface area (Å²) in [4.78, 5) is 20.6. The number of benzene rings is 1. The van der Waals surface area contributed by atoms with Gasteiger partial charge in [-0.2, -0.15) is 5.10 Å². The number of carbonyl (C=O) groups excluding carboxylic acids is 1. The Kier molecular flexibility index (Phi) is 4.70. The molecule has 3 aliphatic rings. The number of hydrogen-bond acceptors (Lipinski definition) is 5. The normalized spacial score (nSPS) is 20.0. The van der Waals surface area contributed by atoms with Gasteiger partial charge in [-0.25, -0.2) is 4.68 Å². The third kappa shape index (κ3) is 3.60. The number of carboxylic acid groups (broad SMARTS) is 1. The quantitative estimate of drug-likeness (QED) is 0.802. The molecular formula is C19H21N3O5. The van der Waals surface area contributed by atoms with Crippen LogP contribution >= 0.6 is 0 Å². The van der Waals surface area contributed by atoms with Crippen LogP contribution in [-0.2, 0) is 16.1 Å². The molecule has 142 valence electrons. The molecule has 0 saturated heterocycles. The van der Waals surface area contributed by atoms with Crippen LogP contribution in [0.2, 0.25) is 0 Å². The summed E-state index contributed by atoms with van der Waals surface area (Å²) in [6, 6.07) is 5.96. The zero-order valence-electron chi connectivity index (χ0n) is 14.8. The summed E-state index contributed by atoms with van der Waals surface area (Å²) >= 11 is 0. The molecule has 2 aliphatic heterocycles. The van der Waals surface area contributed by atoms with Gasteiger partial charge in [0.25, 0.3) is 6.47 Å². The van der Waals surface area contributed by atoms with Crippen LogP contribution < -0.4 is 14.8 Å². The highest BCUT2D eigenvalue weighted by atomic mass is 16.6. The molecule has 1 amide bonds. The lowest BCUT2D eigenvalue weighted by Gasteiger charge is -2.25. The third-order valence-corrected chi connectivity index (χ3v) is 4.99. The van der Waals surface area contributed by atoms with Crippen LogP contribution in [-0.4, -0.2) is 40.5 Å². The second-order valence-corrected chi connectivity index (χ2v) is 6.89. The van der Waals surface area contributed by atoms with Crippen molar-refractivity contribution in [2.24, 2.45) is 5.92 Å². The van der Waals surface area contributed by atoms with Gasteiger partial charge in [0.1, 0.15) is 19.0 Å². The Morgan fingerprint density at radius 2 is 2.00 bits per heavy atom. The smallest absolute Gasteiger partial charge is 0.290 e. The molecule has 1 aromatic heterocycles. The van der Waals surface area contributed by atoms with E-state index in [4.69, 9.17) is 19.4 Å². The van der Waals surface area contributed by atoms with Gasteiger partial charge >= 0.3 is 0 Å². The van der Waals surface area contributed by atoms with Crippen LogP contribution in [0.5, 0.6) is 11.5 Å². The highest BCUT2D eigenvalue weighted by Gasteiger charge is 2.32. The lowest BCUT2D eigenvalue weighted by atomic mass is 9.87. The first-order valence-electron chi connectivity index (χ1n) is 9.02. The zero-order chi connectivity index (χ0) is 18.8. The van der Waals surface area contributed by atoms with Crippen LogP contribution in [0.3, 0.4) is 0 Å². The van der Waals surface area contributed by atoms with Crippen molar-refractivity contribution in [1.29, 1.82) is 0 Å². The fourth-order valence-electron chi connectivity index (χ4n) is 3.53. The maximum atomic E-state index is 12.2. The number of rotatable bonds is 3. The molecule has 1 aliphatic carbocycles. The molecule has 8 nitrogen and oxygen atoms in total. The van der Waals surface area contributed by atoms with E-state index < -0.39 is 0 Å². The van der Waals surface area contributed by atoms with Crippen molar-refractivity contribution in [1.82, 2.24) is 9.78 Å². The predicted molar refractivity (Wildman–Crippen MR) is 96.2 cm³/mol. The van der Waals surface area contributed by atoms with Crippen molar-refractivity contribution in [3.63, 3.8) is 0 Å². The summed E-state index contributed by atoms with van der Waals surface area (Å²) < 4.78 is 13.2. The van der Waals surface area contributed by atoms with Crippen molar-refractivity contribution in [2.75, 3.05) is 18.5 Å². The van der Waals surface area contributed by atoms with E-state index in [1.54, 1.807) is 0 Å². The lowest BCUT2D eigenvalue weighted by molar-refractivity contribution is -0.123. The van der Waals surface area contributed by atoms with Gasteiger partial charge in [-0.3, -0.25) is 9.59 Å². The highest BCUT2D eigenvalue weighted by Crippen LogP contribution is 2.41. The fourth-order valence-corrected chi connectivity index (χ4v) is 3.53. The van der Waals surface area contributed by atoms with E-state index in [1.165, 1.54) is 12.8 Å². The Morgan fingerprint density at radius 3 is 2.74 bits per heavy atom. The minimum atomic E-state index is -0.250. The number of carbonyl (C=O) groups is 2. The number of amides is 1. The maximum absolute atomic E-state index is 12.2. The Labute approximate surface area is 156 Å². The van der Waals surface area contributed by atoms with Gasteiger partial charge in [0.05, 0.1) is 6.20 Å². The molecule has 1 aromatic carbocycles. The van der Waals surface area contributed by atoms with E-state index in [9.17, 15) is 4.79 Å². The zero-order valence-corrected chi connectivity index (χ0v) is 14.8.